The van der Waals surface area contributed by atoms with Gasteiger partial charge in [0.05, 0.1) is 18.8 Å². The fourth-order valence-electron chi connectivity index (χ4n) is 4.82. The first-order valence-corrected chi connectivity index (χ1v) is 13.3. The zero-order chi connectivity index (χ0) is 27.6. The van der Waals surface area contributed by atoms with Crippen LogP contribution in [0.5, 0.6) is 5.75 Å². The van der Waals surface area contributed by atoms with Gasteiger partial charge in [0.25, 0.3) is 0 Å². The molecule has 9 nitrogen and oxygen atoms in total. The predicted molar refractivity (Wildman–Crippen MR) is 154 cm³/mol. The third kappa shape index (κ3) is 7.42. The van der Waals surface area contributed by atoms with E-state index in [0.29, 0.717) is 25.1 Å². The Kier molecular flexibility index (Phi) is 9.64. The molecule has 0 bridgehead atoms. The number of hydrogen-bond donors (Lipinski definition) is 3. The van der Waals surface area contributed by atoms with Gasteiger partial charge in [-0.05, 0) is 67.4 Å². The number of phenols is 1. The van der Waals surface area contributed by atoms with Crippen LogP contribution in [0.25, 0.3) is 0 Å². The summed E-state index contributed by atoms with van der Waals surface area (Å²) in [6, 6.07) is 24.1. The summed E-state index contributed by atoms with van der Waals surface area (Å²) in [4.78, 5) is 29.1. The summed E-state index contributed by atoms with van der Waals surface area (Å²) in [5, 5.41) is 13.7. The minimum atomic E-state index is -0.431. The number of benzene rings is 3. The van der Waals surface area contributed by atoms with Crippen LogP contribution >= 0.6 is 0 Å². The molecule has 2 unspecified atom stereocenters. The van der Waals surface area contributed by atoms with Gasteiger partial charge in [-0.15, -0.1) is 0 Å². The van der Waals surface area contributed by atoms with Crippen molar-refractivity contribution in [2.75, 3.05) is 41.3 Å². The number of urea groups is 1. The van der Waals surface area contributed by atoms with Gasteiger partial charge in [-0.2, -0.15) is 0 Å². The van der Waals surface area contributed by atoms with Gasteiger partial charge < -0.3 is 25.0 Å². The van der Waals surface area contributed by atoms with Crippen molar-refractivity contribution in [3.05, 3.63) is 84.4 Å². The highest BCUT2D eigenvalue weighted by Gasteiger charge is 2.28. The number of carbonyl (C=O) groups is 2. The summed E-state index contributed by atoms with van der Waals surface area (Å²) in [5.41, 5.74) is 6.41. The standard InChI is InChI=1S/C30H37N5O4/c1-3-29(23(2)39-21-24-7-5-4-6-8-24)35(31-22-36)30(38)32-25-9-11-26(12-10-25)33-17-19-34(20-18-33)27-13-15-28(37)16-14-27/h4-16,22-23,29,37H,3,17-21H2,1-2H3,(H,31,36)(H,32,38). The zero-order valence-corrected chi connectivity index (χ0v) is 22.5. The summed E-state index contributed by atoms with van der Waals surface area (Å²) in [7, 11) is 0. The van der Waals surface area contributed by atoms with Crippen molar-refractivity contribution in [2.24, 2.45) is 0 Å². The Morgan fingerprint density at radius 1 is 0.949 bits per heavy atom. The zero-order valence-electron chi connectivity index (χ0n) is 22.5. The molecule has 3 N–H and O–H groups in total. The highest BCUT2D eigenvalue weighted by Crippen LogP contribution is 2.24. The maximum Gasteiger partial charge on any atom is 0.340 e. The normalized spacial score (nSPS) is 14.8. The average Bonchev–Trinajstić information content (AvgIpc) is 2.97. The van der Waals surface area contributed by atoms with Crippen molar-refractivity contribution in [1.29, 1.82) is 0 Å². The second-order valence-electron chi connectivity index (χ2n) is 9.56. The molecule has 1 aliphatic heterocycles. The van der Waals surface area contributed by atoms with E-state index >= 15 is 0 Å². The molecule has 0 radical (unpaired) electrons. The largest absolute Gasteiger partial charge is 0.508 e. The monoisotopic (exact) mass is 531 g/mol. The summed E-state index contributed by atoms with van der Waals surface area (Å²) < 4.78 is 6.03. The van der Waals surface area contributed by atoms with Crippen LogP contribution in [-0.2, 0) is 16.1 Å². The third-order valence-electron chi connectivity index (χ3n) is 7.04. The van der Waals surface area contributed by atoms with Crippen molar-refractivity contribution in [2.45, 2.75) is 39.0 Å². The van der Waals surface area contributed by atoms with E-state index in [4.69, 9.17) is 4.74 Å². The van der Waals surface area contributed by atoms with Gasteiger partial charge in [-0.1, -0.05) is 37.3 Å². The molecule has 39 heavy (non-hydrogen) atoms. The lowest BCUT2D eigenvalue weighted by Crippen LogP contribution is -2.55. The maximum atomic E-state index is 13.2. The number of piperazine rings is 1. The number of ether oxygens (including phenoxy) is 1. The lowest BCUT2D eigenvalue weighted by Gasteiger charge is -2.37. The van der Waals surface area contributed by atoms with Gasteiger partial charge >= 0.3 is 6.03 Å². The minimum absolute atomic E-state index is 0.269. The molecule has 1 fully saturated rings. The number of carbonyl (C=O) groups excluding carboxylic acids is 2. The van der Waals surface area contributed by atoms with Crippen LogP contribution in [-0.4, -0.2) is 60.9 Å². The third-order valence-corrected chi connectivity index (χ3v) is 7.04. The Morgan fingerprint density at radius 2 is 1.51 bits per heavy atom. The molecule has 3 aromatic rings. The Balaban J connectivity index is 1.32. The van der Waals surface area contributed by atoms with E-state index in [0.717, 1.165) is 43.1 Å². The van der Waals surface area contributed by atoms with Crippen LogP contribution in [0, 0.1) is 0 Å². The molecule has 0 aliphatic carbocycles. The van der Waals surface area contributed by atoms with Crippen LogP contribution in [0.2, 0.25) is 0 Å². The number of amides is 3. The van der Waals surface area contributed by atoms with Crippen molar-refractivity contribution in [3.8, 4) is 5.75 Å². The molecule has 1 saturated heterocycles. The summed E-state index contributed by atoms with van der Waals surface area (Å²) in [6.45, 7) is 7.75. The van der Waals surface area contributed by atoms with Crippen molar-refractivity contribution in [3.63, 3.8) is 0 Å². The first-order chi connectivity index (χ1) is 19.0. The van der Waals surface area contributed by atoms with E-state index in [9.17, 15) is 14.7 Å². The summed E-state index contributed by atoms with van der Waals surface area (Å²) in [5.74, 6) is 0.269. The highest BCUT2D eigenvalue weighted by atomic mass is 16.5. The number of nitrogens with one attached hydrogen (secondary N) is 2. The molecule has 1 heterocycles. The van der Waals surface area contributed by atoms with Gasteiger partial charge in [0.1, 0.15) is 5.75 Å². The number of hydrazine groups is 1. The Bertz CT molecular complexity index is 1180. The number of anilines is 3. The first kappa shape index (κ1) is 27.8. The van der Waals surface area contributed by atoms with E-state index in [1.54, 1.807) is 12.1 Å². The van der Waals surface area contributed by atoms with Crippen molar-refractivity contribution in [1.82, 2.24) is 10.4 Å². The van der Waals surface area contributed by atoms with Crippen LogP contribution in [0.4, 0.5) is 21.9 Å². The molecule has 0 spiro atoms. The van der Waals surface area contributed by atoms with Gasteiger partial charge in [0.2, 0.25) is 6.41 Å². The van der Waals surface area contributed by atoms with Gasteiger partial charge in [-0.25, -0.2) is 9.80 Å². The molecule has 206 valence electrons. The van der Waals surface area contributed by atoms with Crippen molar-refractivity contribution < 1.29 is 19.4 Å². The van der Waals surface area contributed by atoms with E-state index in [-0.39, 0.29) is 17.9 Å². The van der Waals surface area contributed by atoms with Gasteiger partial charge in [0, 0.05) is 43.2 Å². The van der Waals surface area contributed by atoms with Crippen LogP contribution in [0.3, 0.4) is 0 Å². The maximum absolute atomic E-state index is 13.2. The van der Waals surface area contributed by atoms with Crippen molar-refractivity contribution >= 4 is 29.5 Å². The Hall–Kier alpha value is -4.24. The molecule has 4 rings (SSSR count). The Labute approximate surface area is 229 Å². The molecular weight excluding hydrogens is 494 g/mol. The van der Waals surface area contributed by atoms with E-state index < -0.39 is 6.03 Å². The van der Waals surface area contributed by atoms with Crippen LogP contribution in [0.15, 0.2) is 78.9 Å². The number of phenolic OH excluding ortho intramolecular Hbond substituents is 1. The topological polar surface area (TPSA) is 97.4 Å². The molecule has 0 aromatic heterocycles. The average molecular weight is 532 g/mol. The SMILES string of the molecule is CCC(C(C)OCc1ccccc1)N(NC=O)C(=O)Nc1ccc(N2CCN(c3ccc(O)cc3)CC2)cc1. The molecule has 0 saturated carbocycles. The number of rotatable bonds is 11. The lowest BCUT2D eigenvalue weighted by molar-refractivity contribution is -0.114. The number of hydrogen-bond acceptors (Lipinski definition) is 6. The molecule has 2 atom stereocenters. The fraction of sp³-hybridized carbons (Fsp3) is 0.333. The van der Waals surface area contributed by atoms with Crippen LogP contribution in [0.1, 0.15) is 25.8 Å². The molecule has 9 heteroatoms. The van der Waals surface area contributed by atoms with E-state index in [2.05, 4.69) is 20.5 Å². The molecule has 3 aromatic carbocycles. The minimum Gasteiger partial charge on any atom is -0.508 e. The van der Waals surface area contributed by atoms with Gasteiger partial charge in [-0.3, -0.25) is 10.2 Å². The lowest BCUT2D eigenvalue weighted by atomic mass is 10.1. The predicted octanol–water partition coefficient (Wildman–Crippen LogP) is 4.60. The molecular formula is C30H37N5O4. The first-order valence-electron chi connectivity index (χ1n) is 13.3. The second kappa shape index (κ2) is 13.5. The molecule has 1 aliphatic rings. The quantitative estimate of drug-likeness (QED) is 0.247. The van der Waals surface area contributed by atoms with E-state index in [1.807, 2.05) is 80.6 Å². The Morgan fingerprint density at radius 3 is 2.05 bits per heavy atom. The number of aromatic hydroxyl groups is 1. The van der Waals surface area contributed by atoms with Crippen LogP contribution < -0.4 is 20.5 Å². The fourth-order valence-corrected chi connectivity index (χ4v) is 4.82. The summed E-state index contributed by atoms with van der Waals surface area (Å²) >= 11 is 0. The highest BCUT2D eigenvalue weighted by molar-refractivity contribution is 5.90. The number of nitrogens with zero attached hydrogens (tertiary/aromatic N) is 3. The van der Waals surface area contributed by atoms with Gasteiger partial charge in [0.15, 0.2) is 0 Å². The smallest absolute Gasteiger partial charge is 0.340 e. The summed E-state index contributed by atoms with van der Waals surface area (Å²) in [6.07, 6.45) is 0.794. The van der Waals surface area contributed by atoms with E-state index in [1.165, 1.54) is 5.01 Å². The second-order valence-corrected chi connectivity index (χ2v) is 9.56. The molecule has 3 amide bonds.